The zero-order valence-electron chi connectivity index (χ0n) is 17.6. The van der Waals surface area contributed by atoms with Crippen LogP contribution in [0.3, 0.4) is 0 Å². The third-order valence-corrected chi connectivity index (χ3v) is 6.06. The summed E-state index contributed by atoms with van der Waals surface area (Å²) in [5.41, 5.74) is 1.74. The number of anilines is 1. The number of nitrogens with one attached hydrogen (secondary N) is 2. The number of carbonyl (C=O) groups is 2. The Bertz CT molecular complexity index is 1240. The second-order valence-electron chi connectivity index (χ2n) is 7.47. The van der Waals surface area contributed by atoms with Crippen LogP contribution in [0.1, 0.15) is 27.3 Å². The van der Waals surface area contributed by atoms with E-state index in [2.05, 4.69) is 20.6 Å². The van der Waals surface area contributed by atoms with Gasteiger partial charge in [0.2, 0.25) is 0 Å². The minimum absolute atomic E-state index is 0.245. The van der Waals surface area contributed by atoms with E-state index in [9.17, 15) is 22.8 Å². The van der Waals surface area contributed by atoms with E-state index in [4.69, 9.17) is 0 Å². The van der Waals surface area contributed by atoms with Crippen molar-refractivity contribution < 1.29 is 22.8 Å². The van der Waals surface area contributed by atoms with E-state index in [1.807, 2.05) is 18.0 Å². The first-order valence-electron chi connectivity index (χ1n) is 10.1. The number of thiazole rings is 1. The van der Waals surface area contributed by atoms with E-state index >= 15 is 0 Å². The number of likely N-dealkylation sites (N-methyl/N-ethyl adjacent to an activating group) is 1. The molecule has 0 saturated heterocycles. The Kier molecular flexibility index (Phi) is 6.32. The lowest BCUT2D eigenvalue weighted by atomic mass is 10.1. The maximum atomic E-state index is 12.9. The third-order valence-electron chi connectivity index (χ3n) is 5.04. The Hall–Kier alpha value is -3.47. The molecule has 3 aromatic rings. The SMILES string of the molecule is CN1CC(NCc2nc3ccc(C(F)(F)F)cc3s2)=Nc2cc(C(=O)NCCC=O)ccc21. The zero-order valence-corrected chi connectivity index (χ0v) is 18.4. The van der Waals surface area contributed by atoms with Crippen LogP contribution in [0.5, 0.6) is 0 Å². The van der Waals surface area contributed by atoms with E-state index in [0.29, 0.717) is 45.4 Å². The van der Waals surface area contributed by atoms with Gasteiger partial charge in [-0.3, -0.25) is 4.79 Å². The lowest BCUT2D eigenvalue weighted by Crippen LogP contribution is -2.37. The summed E-state index contributed by atoms with van der Waals surface area (Å²) in [7, 11) is 1.90. The van der Waals surface area contributed by atoms with Crippen LogP contribution in [0.25, 0.3) is 10.2 Å². The fourth-order valence-corrected chi connectivity index (χ4v) is 4.36. The van der Waals surface area contributed by atoms with E-state index in [1.54, 1.807) is 12.1 Å². The van der Waals surface area contributed by atoms with E-state index < -0.39 is 11.7 Å². The van der Waals surface area contributed by atoms with Gasteiger partial charge in [0.1, 0.15) is 17.1 Å². The largest absolute Gasteiger partial charge is 0.416 e. The number of rotatable bonds is 6. The van der Waals surface area contributed by atoms with Gasteiger partial charge in [-0.15, -0.1) is 11.3 Å². The summed E-state index contributed by atoms with van der Waals surface area (Å²) in [4.78, 5) is 33.7. The number of nitrogens with zero attached hydrogens (tertiary/aromatic N) is 3. The van der Waals surface area contributed by atoms with Crippen molar-refractivity contribution in [3.63, 3.8) is 0 Å². The molecule has 1 aliphatic heterocycles. The fourth-order valence-electron chi connectivity index (χ4n) is 3.41. The number of fused-ring (bicyclic) bond motifs is 2. The van der Waals surface area contributed by atoms with E-state index in [0.717, 1.165) is 24.1 Å². The summed E-state index contributed by atoms with van der Waals surface area (Å²) in [5, 5.41) is 6.52. The third kappa shape index (κ3) is 5.14. The highest BCUT2D eigenvalue weighted by Crippen LogP contribution is 2.34. The second kappa shape index (κ2) is 9.18. The molecule has 11 heteroatoms. The molecule has 0 aliphatic carbocycles. The van der Waals surface area contributed by atoms with Crippen molar-refractivity contribution >= 4 is 51.0 Å². The summed E-state index contributed by atoms with van der Waals surface area (Å²) in [6, 6.07) is 8.72. The van der Waals surface area contributed by atoms with Gasteiger partial charge < -0.3 is 20.3 Å². The molecule has 2 N–H and O–H groups in total. The molecule has 7 nitrogen and oxygen atoms in total. The molecule has 1 aromatic heterocycles. The number of alkyl halides is 3. The Labute approximate surface area is 191 Å². The summed E-state index contributed by atoms with van der Waals surface area (Å²) in [6.07, 6.45) is -3.41. The minimum atomic E-state index is -4.39. The molecule has 0 atom stereocenters. The van der Waals surface area contributed by atoms with Crippen molar-refractivity contribution in [2.75, 3.05) is 25.0 Å². The highest BCUT2D eigenvalue weighted by Gasteiger charge is 2.30. The van der Waals surface area contributed by atoms with Crippen LogP contribution in [-0.4, -0.2) is 43.2 Å². The number of aldehydes is 1. The second-order valence-corrected chi connectivity index (χ2v) is 8.59. The van der Waals surface area contributed by atoms with Gasteiger partial charge in [0.25, 0.3) is 5.91 Å². The molecule has 0 saturated carbocycles. The first-order valence-corrected chi connectivity index (χ1v) is 10.9. The first kappa shape index (κ1) is 22.7. The Morgan fingerprint density at radius 3 is 2.82 bits per heavy atom. The Morgan fingerprint density at radius 2 is 2.06 bits per heavy atom. The van der Waals surface area contributed by atoms with Gasteiger partial charge in [0, 0.05) is 25.6 Å². The maximum Gasteiger partial charge on any atom is 0.416 e. The smallest absolute Gasteiger partial charge is 0.365 e. The molecule has 4 rings (SSSR count). The van der Waals surface area contributed by atoms with Crippen LogP contribution in [0.2, 0.25) is 0 Å². The van der Waals surface area contributed by atoms with Crippen molar-refractivity contribution in [1.29, 1.82) is 0 Å². The Morgan fingerprint density at radius 1 is 1.24 bits per heavy atom. The lowest BCUT2D eigenvalue weighted by Gasteiger charge is -2.27. The lowest BCUT2D eigenvalue weighted by molar-refractivity contribution is -0.137. The van der Waals surface area contributed by atoms with E-state index in [-0.39, 0.29) is 18.9 Å². The summed E-state index contributed by atoms with van der Waals surface area (Å²) in [5.74, 6) is 0.365. The van der Waals surface area contributed by atoms with Crippen LogP contribution in [0.15, 0.2) is 41.4 Å². The van der Waals surface area contributed by atoms with Gasteiger partial charge in [-0.25, -0.2) is 9.98 Å². The monoisotopic (exact) mass is 475 g/mol. The number of amides is 1. The van der Waals surface area contributed by atoms with Crippen LogP contribution < -0.4 is 15.5 Å². The van der Waals surface area contributed by atoms with Crippen LogP contribution in [-0.2, 0) is 17.5 Å². The number of hydrogen-bond donors (Lipinski definition) is 2. The standard InChI is InChI=1S/C22H20F3N5O2S/c1-30-12-19(28-16-9-13(3-6-17(16)30)21(32)26-7-2-8-31)27-11-20-29-15-5-4-14(22(23,24)25)10-18(15)33-20/h3-6,8-10H,2,7,11-12H2,1H3,(H,26,32)(H,27,28). The highest BCUT2D eigenvalue weighted by molar-refractivity contribution is 7.18. The quantitative estimate of drug-likeness (QED) is 0.417. The number of carbonyl (C=O) groups excluding carboxylic acids is 2. The molecule has 2 aromatic carbocycles. The number of hydrogen-bond acceptors (Lipinski definition) is 7. The van der Waals surface area contributed by atoms with Crippen molar-refractivity contribution in [2.24, 2.45) is 4.99 Å². The molecular formula is C22H20F3N5O2S. The molecule has 1 amide bonds. The van der Waals surface area contributed by atoms with Crippen LogP contribution in [0.4, 0.5) is 24.5 Å². The number of benzene rings is 2. The molecule has 1 aliphatic rings. The van der Waals surface area contributed by atoms with Gasteiger partial charge in [0.05, 0.1) is 40.2 Å². The zero-order chi connectivity index (χ0) is 23.6. The van der Waals surface area contributed by atoms with Gasteiger partial charge in [0.15, 0.2) is 0 Å². The van der Waals surface area contributed by atoms with Gasteiger partial charge >= 0.3 is 6.18 Å². The van der Waals surface area contributed by atoms with Crippen LogP contribution >= 0.6 is 11.3 Å². The van der Waals surface area contributed by atoms with Crippen molar-refractivity contribution in [3.05, 3.63) is 52.5 Å². The minimum Gasteiger partial charge on any atom is -0.365 e. The molecular weight excluding hydrogens is 455 g/mol. The predicted molar refractivity (Wildman–Crippen MR) is 121 cm³/mol. The first-order chi connectivity index (χ1) is 15.7. The number of halogens is 3. The molecule has 172 valence electrons. The normalized spacial score (nSPS) is 13.5. The average molecular weight is 475 g/mol. The molecule has 0 fully saturated rings. The fraction of sp³-hybridized carbons (Fsp3) is 0.273. The van der Waals surface area contributed by atoms with Gasteiger partial charge in [-0.1, -0.05) is 0 Å². The molecule has 2 heterocycles. The predicted octanol–water partition coefficient (Wildman–Crippen LogP) is 3.90. The number of amidine groups is 1. The maximum absolute atomic E-state index is 12.9. The summed E-state index contributed by atoms with van der Waals surface area (Å²) < 4.78 is 39.3. The summed E-state index contributed by atoms with van der Waals surface area (Å²) >= 11 is 1.20. The summed E-state index contributed by atoms with van der Waals surface area (Å²) in [6.45, 7) is 1.08. The molecule has 0 spiro atoms. The van der Waals surface area contributed by atoms with Crippen molar-refractivity contribution in [2.45, 2.75) is 19.1 Å². The van der Waals surface area contributed by atoms with Gasteiger partial charge in [-0.2, -0.15) is 13.2 Å². The highest BCUT2D eigenvalue weighted by atomic mass is 32.1. The molecule has 0 unspecified atom stereocenters. The number of aromatic nitrogens is 1. The van der Waals surface area contributed by atoms with Crippen molar-refractivity contribution in [1.82, 2.24) is 15.6 Å². The van der Waals surface area contributed by atoms with E-state index in [1.165, 1.54) is 17.4 Å². The molecule has 33 heavy (non-hydrogen) atoms. The topological polar surface area (TPSA) is 86.7 Å². The molecule has 0 radical (unpaired) electrons. The number of aliphatic imine (C=N–C) groups is 1. The van der Waals surface area contributed by atoms with Crippen molar-refractivity contribution in [3.8, 4) is 0 Å². The average Bonchev–Trinajstić information content (AvgIpc) is 3.19. The Balaban J connectivity index is 1.49. The van der Waals surface area contributed by atoms with Crippen LogP contribution in [0, 0.1) is 0 Å². The van der Waals surface area contributed by atoms with Gasteiger partial charge in [-0.05, 0) is 36.4 Å². The molecule has 0 bridgehead atoms.